The van der Waals surface area contributed by atoms with Gasteiger partial charge in [-0.15, -0.1) is 0 Å². The van der Waals surface area contributed by atoms with Crippen LogP contribution >= 0.6 is 15.9 Å². The minimum absolute atomic E-state index is 0.0388. The van der Waals surface area contributed by atoms with Gasteiger partial charge in [-0.3, -0.25) is 4.79 Å². The second-order valence-electron chi connectivity index (χ2n) is 8.83. The van der Waals surface area contributed by atoms with Crippen molar-refractivity contribution >= 4 is 27.7 Å². The molecule has 162 valence electrons. The smallest absolute Gasteiger partial charge is 0.336 e. The van der Waals surface area contributed by atoms with E-state index >= 15 is 0 Å². The predicted octanol–water partition coefficient (Wildman–Crippen LogP) is 5.88. The van der Waals surface area contributed by atoms with Crippen molar-refractivity contribution in [2.75, 3.05) is 6.61 Å². The lowest BCUT2D eigenvalue weighted by Gasteiger charge is -2.38. The van der Waals surface area contributed by atoms with Gasteiger partial charge < -0.3 is 14.5 Å². The van der Waals surface area contributed by atoms with E-state index in [1.807, 2.05) is 43.3 Å². The van der Waals surface area contributed by atoms with Crippen LogP contribution in [0.1, 0.15) is 52.2 Å². The molecule has 31 heavy (non-hydrogen) atoms. The summed E-state index contributed by atoms with van der Waals surface area (Å²) in [6, 6.07) is 11.5. The number of hydrogen-bond donors (Lipinski definition) is 1. The third kappa shape index (κ3) is 4.01. The molecule has 1 aromatic carbocycles. The highest BCUT2D eigenvalue weighted by molar-refractivity contribution is 9.10. The Hall–Kier alpha value is -2.60. The molecule has 0 fully saturated rings. The number of allylic oxidation sites excluding steroid dienone is 3. The highest BCUT2D eigenvalue weighted by Gasteiger charge is 2.44. The van der Waals surface area contributed by atoms with Gasteiger partial charge in [-0.05, 0) is 43.9 Å². The second-order valence-corrected chi connectivity index (χ2v) is 9.69. The first-order valence-electron chi connectivity index (χ1n) is 10.5. The van der Waals surface area contributed by atoms with Crippen LogP contribution in [0.2, 0.25) is 0 Å². The van der Waals surface area contributed by atoms with Crippen LogP contribution in [0.3, 0.4) is 0 Å². The van der Waals surface area contributed by atoms with E-state index in [1.165, 1.54) is 0 Å². The van der Waals surface area contributed by atoms with Gasteiger partial charge in [-0.25, -0.2) is 4.79 Å². The predicted molar refractivity (Wildman–Crippen MR) is 122 cm³/mol. The molecule has 4 rings (SSSR count). The summed E-state index contributed by atoms with van der Waals surface area (Å²) in [5.74, 6) is 0.260. The van der Waals surface area contributed by atoms with Crippen LogP contribution in [0.15, 0.2) is 67.8 Å². The zero-order valence-electron chi connectivity index (χ0n) is 18.2. The van der Waals surface area contributed by atoms with Crippen LogP contribution in [0.4, 0.5) is 0 Å². The molecule has 6 heteroatoms. The molecule has 0 radical (unpaired) electrons. The molecule has 1 atom stereocenters. The topological polar surface area (TPSA) is 68.5 Å². The molecule has 1 aliphatic carbocycles. The van der Waals surface area contributed by atoms with Gasteiger partial charge in [0.15, 0.2) is 5.78 Å². The average molecular weight is 484 g/mol. The summed E-state index contributed by atoms with van der Waals surface area (Å²) in [7, 11) is 0. The lowest BCUT2D eigenvalue weighted by Crippen LogP contribution is -2.38. The van der Waals surface area contributed by atoms with Crippen LogP contribution in [-0.2, 0) is 14.3 Å². The lowest BCUT2D eigenvalue weighted by molar-refractivity contribution is -0.138. The standard InChI is InChI=1S/C25H26BrNO4/c1-5-30-24(29)21-14(2)27-17-12-25(3,4)13-18(28)22(17)23(21)20-11-10-19(31-20)15-8-6-7-9-16(15)26/h6-11,23,27H,5,12-13H2,1-4H3. The van der Waals surface area contributed by atoms with Crippen molar-refractivity contribution in [3.8, 4) is 11.3 Å². The van der Waals surface area contributed by atoms with Gasteiger partial charge in [0.2, 0.25) is 0 Å². The fourth-order valence-corrected chi connectivity index (χ4v) is 4.99. The summed E-state index contributed by atoms with van der Waals surface area (Å²) < 4.78 is 12.5. The Morgan fingerprint density at radius 1 is 1.23 bits per heavy atom. The highest BCUT2D eigenvalue weighted by atomic mass is 79.9. The first-order valence-corrected chi connectivity index (χ1v) is 11.3. The molecule has 0 amide bonds. The molecular weight excluding hydrogens is 458 g/mol. The van der Waals surface area contributed by atoms with Gasteiger partial charge in [0, 0.05) is 33.4 Å². The number of carbonyl (C=O) groups is 2. The van der Waals surface area contributed by atoms with E-state index in [0.717, 1.165) is 22.2 Å². The Kier molecular flexibility index (Phi) is 5.69. The summed E-state index contributed by atoms with van der Waals surface area (Å²) >= 11 is 3.56. The van der Waals surface area contributed by atoms with Crippen LogP contribution in [0, 0.1) is 5.41 Å². The Morgan fingerprint density at radius 3 is 2.68 bits per heavy atom. The van der Waals surface area contributed by atoms with Crippen LogP contribution in [0.25, 0.3) is 11.3 Å². The zero-order valence-corrected chi connectivity index (χ0v) is 19.8. The van der Waals surface area contributed by atoms with Crippen molar-refractivity contribution in [2.24, 2.45) is 5.41 Å². The van der Waals surface area contributed by atoms with E-state index in [-0.39, 0.29) is 17.8 Å². The van der Waals surface area contributed by atoms with Gasteiger partial charge in [-0.2, -0.15) is 0 Å². The van der Waals surface area contributed by atoms with Crippen molar-refractivity contribution < 1.29 is 18.7 Å². The molecule has 1 unspecified atom stereocenters. The van der Waals surface area contributed by atoms with E-state index in [4.69, 9.17) is 9.15 Å². The number of hydrogen-bond acceptors (Lipinski definition) is 5. The minimum atomic E-state index is -0.588. The second kappa shape index (κ2) is 8.15. The monoisotopic (exact) mass is 483 g/mol. The number of nitrogens with one attached hydrogen (secondary N) is 1. The van der Waals surface area contributed by atoms with Gasteiger partial charge in [-0.1, -0.05) is 48.0 Å². The summed E-state index contributed by atoms with van der Waals surface area (Å²) in [4.78, 5) is 26.2. The molecule has 1 aromatic heterocycles. The number of rotatable bonds is 4. The number of esters is 1. The first kappa shape index (κ1) is 21.6. The molecule has 1 N–H and O–H groups in total. The van der Waals surface area contributed by atoms with E-state index in [2.05, 4.69) is 35.1 Å². The number of benzene rings is 1. The third-order valence-corrected chi connectivity index (χ3v) is 6.48. The zero-order chi connectivity index (χ0) is 22.3. The van der Waals surface area contributed by atoms with Gasteiger partial charge in [0.05, 0.1) is 18.1 Å². The number of halogens is 1. The van der Waals surface area contributed by atoms with Crippen LogP contribution in [0.5, 0.6) is 0 Å². The van der Waals surface area contributed by atoms with Gasteiger partial charge in [0.25, 0.3) is 0 Å². The highest BCUT2D eigenvalue weighted by Crippen LogP contribution is 2.47. The lowest BCUT2D eigenvalue weighted by atomic mass is 9.69. The number of ether oxygens (including phenoxy) is 1. The number of carbonyl (C=O) groups excluding carboxylic acids is 2. The Morgan fingerprint density at radius 2 is 1.97 bits per heavy atom. The molecule has 2 aliphatic rings. The molecular formula is C25H26BrNO4. The maximum absolute atomic E-state index is 13.3. The molecule has 1 aliphatic heterocycles. The maximum Gasteiger partial charge on any atom is 0.336 e. The molecule has 5 nitrogen and oxygen atoms in total. The summed E-state index contributed by atoms with van der Waals surface area (Å²) in [6.07, 6.45) is 1.16. The fraction of sp³-hybridized carbons (Fsp3) is 0.360. The van der Waals surface area contributed by atoms with Crippen LogP contribution in [-0.4, -0.2) is 18.4 Å². The van der Waals surface area contributed by atoms with Crippen molar-refractivity contribution in [1.82, 2.24) is 5.32 Å². The third-order valence-electron chi connectivity index (χ3n) is 5.79. The Balaban J connectivity index is 1.85. The fourth-order valence-electron chi connectivity index (χ4n) is 4.51. The Bertz CT molecular complexity index is 1120. The van der Waals surface area contributed by atoms with Crippen molar-refractivity contribution in [3.05, 3.63) is 69.2 Å². The number of dihydropyridines is 1. The van der Waals surface area contributed by atoms with Crippen molar-refractivity contribution in [2.45, 2.75) is 46.5 Å². The first-order chi connectivity index (χ1) is 14.7. The number of ketones is 1. The number of Topliss-reactive ketones (excluding diaryl/α,β-unsaturated/α-hetero) is 1. The number of furan rings is 1. The van der Waals surface area contributed by atoms with E-state index < -0.39 is 11.9 Å². The molecule has 2 heterocycles. The summed E-state index contributed by atoms with van der Waals surface area (Å²) in [5.41, 5.74) is 3.38. The minimum Gasteiger partial charge on any atom is -0.463 e. The molecule has 2 aromatic rings. The molecule has 0 spiro atoms. The Labute approximate surface area is 190 Å². The van der Waals surface area contributed by atoms with Gasteiger partial charge >= 0.3 is 5.97 Å². The van der Waals surface area contributed by atoms with Crippen molar-refractivity contribution in [3.63, 3.8) is 0 Å². The summed E-state index contributed by atoms with van der Waals surface area (Å²) in [6.45, 7) is 8.06. The SMILES string of the molecule is CCOC(=O)C1=C(C)NC2=C(C(=O)CC(C)(C)C2)C1c1ccc(-c2ccccc2Br)o1. The molecule has 0 saturated carbocycles. The molecule has 0 saturated heterocycles. The molecule has 0 bridgehead atoms. The van der Waals surface area contributed by atoms with E-state index in [0.29, 0.717) is 34.8 Å². The van der Waals surface area contributed by atoms with Crippen LogP contribution < -0.4 is 5.32 Å². The van der Waals surface area contributed by atoms with Crippen molar-refractivity contribution in [1.29, 1.82) is 0 Å². The maximum atomic E-state index is 13.3. The quantitative estimate of drug-likeness (QED) is 0.550. The normalized spacial score (nSPS) is 20.4. The van der Waals surface area contributed by atoms with Gasteiger partial charge in [0.1, 0.15) is 11.5 Å². The summed E-state index contributed by atoms with van der Waals surface area (Å²) in [5, 5.41) is 3.33. The average Bonchev–Trinajstić information content (AvgIpc) is 3.16. The van der Waals surface area contributed by atoms with E-state index in [1.54, 1.807) is 6.92 Å². The van der Waals surface area contributed by atoms with E-state index in [9.17, 15) is 9.59 Å². The largest absolute Gasteiger partial charge is 0.463 e.